The summed E-state index contributed by atoms with van der Waals surface area (Å²) < 4.78 is 0. The quantitative estimate of drug-likeness (QED) is 0.701. The Kier molecular flexibility index (Phi) is 5.80. The third kappa shape index (κ3) is 4.20. The van der Waals surface area contributed by atoms with Crippen molar-refractivity contribution in [3.63, 3.8) is 0 Å². The zero-order valence-corrected chi connectivity index (χ0v) is 9.94. The molecule has 1 N–H and O–H groups in total. The molecule has 0 amide bonds. The Bertz CT molecular complexity index is 221. The van der Waals surface area contributed by atoms with E-state index in [2.05, 4.69) is 29.5 Å². The number of thiazole rings is 1. The van der Waals surface area contributed by atoms with Crippen molar-refractivity contribution < 1.29 is 0 Å². The predicted octanol–water partition coefficient (Wildman–Crippen LogP) is 3.37. The van der Waals surface area contributed by atoms with E-state index in [1.165, 1.54) is 31.4 Å². The zero-order chi connectivity index (χ0) is 10.2. The van der Waals surface area contributed by atoms with E-state index in [4.69, 9.17) is 0 Å². The Labute approximate surface area is 90.8 Å². The van der Waals surface area contributed by atoms with Crippen LogP contribution in [0, 0.1) is 0 Å². The lowest BCUT2D eigenvalue weighted by Crippen LogP contribution is -2.19. The molecule has 14 heavy (non-hydrogen) atoms. The average Bonchev–Trinajstić information content (AvgIpc) is 2.70. The Morgan fingerprint density at radius 2 is 2.29 bits per heavy atom. The molecule has 3 heteroatoms. The van der Waals surface area contributed by atoms with Crippen LogP contribution < -0.4 is 5.32 Å². The molecule has 0 aromatic carbocycles. The maximum Gasteiger partial charge on any atom is 0.0795 e. The molecular formula is C11H20N2S. The highest BCUT2D eigenvalue weighted by molar-refractivity contribution is 7.07. The van der Waals surface area contributed by atoms with Gasteiger partial charge in [-0.2, -0.15) is 0 Å². The SMILES string of the molecule is CCCCCCNC(C)c1cscn1. The molecule has 2 nitrogen and oxygen atoms in total. The van der Waals surface area contributed by atoms with Gasteiger partial charge >= 0.3 is 0 Å². The van der Waals surface area contributed by atoms with Gasteiger partial charge in [-0.3, -0.25) is 0 Å². The molecule has 1 atom stereocenters. The Morgan fingerprint density at radius 3 is 2.93 bits per heavy atom. The van der Waals surface area contributed by atoms with Gasteiger partial charge < -0.3 is 5.32 Å². The van der Waals surface area contributed by atoms with Crippen molar-refractivity contribution in [1.82, 2.24) is 10.3 Å². The first kappa shape index (κ1) is 11.7. The Morgan fingerprint density at radius 1 is 1.43 bits per heavy atom. The largest absolute Gasteiger partial charge is 0.309 e. The van der Waals surface area contributed by atoms with Crippen molar-refractivity contribution in [1.29, 1.82) is 0 Å². The number of aromatic nitrogens is 1. The number of nitrogens with one attached hydrogen (secondary N) is 1. The molecule has 1 unspecified atom stereocenters. The minimum absolute atomic E-state index is 0.405. The second kappa shape index (κ2) is 6.96. The minimum Gasteiger partial charge on any atom is -0.309 e. The van der Waals surface area contributed by atoms with Crippen molar-refractivity contribution in [2.24, 2.45) is 0 Å². The fraction of sp³-hybridized carbons (Fsp3) is 0.727. The third-order valence-corrected chi connectivity index (χ3v) is 2.98. The summed E-state index contributed by atoms with van der Waals surface area (Å²) >= 11 is 1.66. The van der Waals surface area contributed by atoms with Crippen LogP contribution in [0.4, 0.5) is 0 Å². The second-order valence-electron chi connectivity index (χ2n) is 3.65. The summed E-state index contributed by atoms with van der Waals surface area (Å²) in [7, 11) is 0. The lowest BCUT2D eigenvalue weighted by Gasteiger charge is -2.10. The molecule has 0 aliphatic rings. The molecule has 1 heterocycles. The van der Waals surface area contributed by atoms with Gasteiger partial charge in [0.05, 0.1) is 11.2 Å². The highest BCUT2D eigenvalue weighted by Crippen LogP contribution is 2.11. The highest BCUT2D eigenvalue weighted by Gasteiger charge is 2.04. The first-order chi connectivity index (χ1) is 6.84. The molecule has 0 aliphatic heterocycles. The molecule has 0 spiro atoms. The first-order valence-electron chi connectivity index (χ1n) is 5.46. The molecule has 0 radical (unpaired) electrons. The van der Waals surface area contributed by atoms with Gasteiger partial charge in [-0.05, 0) is 19.9 Å². The maximum atomic E-state index is 4.29. The molecule has 1 aromatic heterocycles. The van der Waals surface area contributed by atoms with E-state index in [0.717, 1.165) is 6.54 Å². The smallest absolute Gasteiger partial charge is 0.0795 e. The molecule has 0 aliphatic carbocycles. The lowest BCUT2D eigenvalue weighted by molar-refractivity contribution is 0.530. The number of nitrogens with zero attached hydrogens (tertiary/aromatic N) is 1. The van der Waals surface area contributed by atoms with Gasteiger partial charge in [0.1, 0.15) is 0 Å². The van der Waals surface area contributed by atoms with Crippen molar-refractivity contribution in [3.05, 3.63) is 16.6 Å². The summed E-state index contributed by atoms with van der Waals surface area (Å²) in [5, 5.41) is 5.60. The molecule has 0 fully saturated rings. The number of unbranched alkanes of at least 4 members (excludes halogenated alkanes) is 3. The normalized spacial score (nSPS) is 13.0. The number of hydrogen-bond acceptors (Lipinski definition) is 3. The Hall–Kier alpha value is -0.410. The van der Waals surface area contributed by atoms with Gasteiger partial charge in [-0.15, -0.1) is 11.3 Å². The number of rotatable bonds is 7. The van der Waals surface area contributed by atoms with Crippen molar-refractivity contribution >= 4 is 11.3 Å². The van der Waals surface area contributed by atoms with Crippen molar-refractivity contribution in [3.8, 4) is 0 Å². The van der Waals surface area contributed by atoms with Gasteiger partial charge in [0.2, 0.25) is 0 Å². The van der Waals surface area contributed by atoms with Crippen LogP contribution in [0.1, 0.15) is 51.3 Å². The standard InChI is InChI=1S/C11H20N2S/c1-3-4-5-6-7-12-10(2)11-8-14-9-13-11/h8-10,12H,3-7H2,1-2H3. The maximum absolute atomic E-state index is 4.29. The van der Waals surface area contributed by atoms with Crippen LogP contribution in [0.15, 0.2) is 10.9 Å². The summed E-state index contributed by atoms with van der Waals surface area (Å²) in [5.74, 6) is 0. The van der Waals surface area contributed by atoms with Gasteiger partial charge in [-0.1, -0.05) is 26.2 Å². The van der Waals surface area contributed by atoms with E-state index < -0.39 is 0 Å². The van der Waals surface area contributed by atoms with Gasteiger partial charge in [0, 0.05) is 11.4 Å². The number of hydrogen-bond donors (Lipinski definition) is 1. The summed E-state index contributed by atoms with van der Waals surface area (Å²) in [6, 6.07) is 0.405. The van der Waals surface area contributed by atoms with Crippen LogP contribution in [-0.2, 0) is 0 Å². The van der Waals surface area contributed by atoms with E-state index in [1.807, 2.05) is 5.51 Å². The first-order valence-corrected chi connectivity index (χ1v) is 6.40. The van der Waals surface area contributed by atoms with Crippen LogP contribution in [0.5, 0.6) is 0 Å². The fourth-order valence-electron chi connectivity index (χ4n) is 1.41. The van der Waals surface area contributed by atoms with Crippen LogP contribution in [0.3, 0.4) is 0 Å². The molecule has 80 valence electrons. The van der Waals surface area contributed by atoms with Gasteiger partial charge in [-0.25, -0.2) is 4.98 Å². The van der Waals surface area contributed by atoms with E-state index in [0.29, 0.717) is 6.04 Å². The van der Waals surface area contributed by atoms with Crippen LogP contribution >= 0.6 is 11.3 Å². The Balaban J connectivity index is 2.07. The lowest BCUT2D eigenvalue weighted by atomic mass is 10.2. The molecule has 1 rings (SSSR count). The molecule has 0 saturated carbocycles. The zero-order valence-electron chi connectivity index (χ0n) is 9.12. The van der Waals surface area contributed by atoms with Crippen LogP contribution in [-0.4, -0.2) is 11.5 Å². The van der Waals surface area contributed by atoms with Gasteiger partial charge in [0.15, 0.2) is 0 Å². The average molecular weight is 212 g/mol. The van der Waals surface area contributed by atoms with Crippen LogP contribution in [0.2, 0.25) is 0 Å². The summed E-state index contributed by atoms with van der Waals surface area (Å²) in [6.07, 6.45) is 5.28. The summed E-state index contributed by atoms with van der Waals surface area (Å²) in [4.78, 5) is 4.29. The fourth-order valence-corrected chi connectivity index (χ4v) is 2.06. The van der Waals surface area contributed by atoms with Crippen LogP contribution in [0.25, 0.3) is 0 Å². The van der Waals surface area contributed by atoms with Gasteiger partial charge in [0.25, 0.3) is 0 Å². The molecular weight excluding hydrogens is 192 g/mol. The summed E-state index contributed by atoms with van der Waals surface area (Å²) in [6.45, 7) is 5.53. The summed E-state index contributed by atoms with van der Waals surface area (Å²) in [5.41, 5.74) is 3.07. The second-order valence-corrected chi connectivity index (χ2v) is 4.37. The van der Waals surface area contributed by atoms with E-state index in [9.17, 15) is 0 Å². The predicted molar refractivity (Wildman–Crippen MR) is 62.7 cm³/mol. The van der Waals surface area contributed by atoms with Crippen molar-refractivity contribution in [2.45, 2.75) is 45.6 Å². The van der Waals surface area contributed by atoms with E-state index in [1.54, 1.807) is 11.3 Å². The van der Waals surface area contributed by atoms with E-state index >= 15 is 0 Å². The van der Waals surface area contributed by atoms with Crippen molar-refractivity contribution in [2.75, 3.05) is 6.54 Å². The molecule has 0 bridgehead atoms. The highest BCUT2D eigenvalue weighted by atomic mass is 32.1. The van der Waals surface area contributed by atoms with E-state index in [-0.39, 0.29) is 0 Å². The third-order valence-electron chi connectivity index (χ3n) is 2.38. The molecule has 1 aromatic rings. The minimum atomic E-state index is 0.405. The monoisotopic (exact) mass is 212 g/mol. The topological polar surface area (TPSA) is 24.9 Å². The molecule has 0 saturated heterocycles.